The summed E-state index contributed by atoms with van der Waals surface area (Å²) in [4.78, 5) is 23.2. The van der Waals surface area contributed by atoms with Gasteiger partial charge >= 0.3 is 11.9 Å². The number of esters is 2. The second-order valence-electron chi connectivity index (χ2n) is 7.10. The van der Waals surface area contributed by atoms with Crippen LogP contribution in [0.25, 0.3) is 0 Å². The smallest absolute Gasteiger partial charge is 0.315 e. The first-order valence-electron chi connectivity index (χ1n) is 11.2. The van der Waals surface area contributed by atoms with Crippen molar-refractivity contribution in [2.45, 2.75) is 97.3 Å². The molecule has 0 atom stereocenters. The van der Waals surface area contributed by atoms with Crippen LogP contribution in [0.1, 0.15) is 97.3 Å². The van der Waals surface area contributed by atoms with Crippen LogP contribution in [0.3, 0.4) is 0 Å². The van der Waals surface area contributed by atoms with Crippen molar-refractivity contribution in [2.24, 2.45) is 0 Å². The van der Waals surface area contributed by atoms with Crippen molar-refractivity contribution in [2.75, 3.05) is 29.8 Å². The summed E-state index contributed by atoms with van der Waals surface area (Å²) in [5, 5.41) is 0. The predicted molar refractivity (Wildman–Crippen MR) is 123 cm³/mol. The molecule has 0 aromatic heterocycles. The van der Waals surface area contributed by atoms with E-state index in [4.69, 9.17) is 9.47 Å². The highest BCUT2D eigenvalue weighted by Crippen LogP contribution is 2.11. The molecule has 0 radical (unpaired) electrons. The second kappa shape index (κ2) is 22.9. The van der Waals surface area contributed by atoms with E-state index in [1.165, 1.54) is 51.4 Å². The van der Waals surface area contributed by atoms with Crippen molar-refractivity contribution >= 4 is 35.5 Å². The van der Waals surface area contributed by atoms with Gasteiger partial charge in [0.15, 0.2) is 0 Å². The molecule has 0 aromatic rings. The molecular formula is C22H42O4S2. The summed E-state index contributed by atoms with van der Waals surface area (Å²) in [5.41, 5.74) is 0. The molecule has 166 valence electrons. The first-order chi connectivity index (χ1) is 13.7. The lowest BCUT2D eigenvalue weighted by molar-refractivity contribution is -0.142. The lowest BCUT2D eigenvalue weighted by Crippen LogP contribution is -2.09. The van der Waals surface area contributed by atoms with Gasteiger partial charge in [0, 0.05) is 17.9 Å². The molecule has 0 aliphatic rings. The van der Waals surface area contributed by atoms with E-state index in [2.05, 4.69) is 13.8 Å². The Hall–Kier alpha value is -0.360. The van der Waals surface area contributed by atoms with Gasteiger partial charge in [0.2, 0.25) is 0 Å². The van der Waals surface area contributed by atoms with Crippen molar-refractivity contribution in [3.05, 3.63) is 0 Å². The molecule has 0 aromatic carbocycles. The van der Waals surface area contributed by atoms with Crippen molar-refractivity contribution in [1.29, 1.82) is 0 Å². The van der Waals surface area contributed by atoms with Crippen LogP contribution in [0.2, 0.25) is 0 Å². The summed E-state index contributed by atoms with van der Waals surface area (Å²) in [6, 6.07) is 0. The highest BCUT2D eigenvalue weighted by molar-refractivity contribution is 8.03. The Bertz CT molecular complexity index is 364. The van der Waals surface area contributed by atoms with E-state index in [9.17, 15) is 9.59 Å². The Labute approximate surface area is 181 Å². The van der Waals surface area contributed by atoms with Gasteiger partial charge in [-0.15, -0.1) is 23.5 Å². The van der Waals surface area contributed by atoms with E-state index < -0.39 is 0 Å². The van der Waals surface area contributed by atoms with Crippen molar-refractivity contribution < 1.29 is 19.1 Å². The molecule has 0 heterocycles. The zero-order valence-corrected chi connectivity index (χ0v) is 19.8. The van der Waals surface area contributed by atoms with Gasteiger partial charge in [0.05, 0.1) is 12.4 Å². The molecule has 0 saturated heterocycles. The molecule has 4 nitrogen and oxygen atoms in total. The average Bonchev–Trinajstić information content (AvgIpc) is 2.69. The number of rotatable bonds is 21. The molecule has 0 N–H and O–H groups in total. The summed E-state index contributed by atoms with van der Waals surface area (Å²) >= 11 is 3.18. The Morgan fingerprint density at radius 3 is 1.89 bits per heavy atom. The van der Waals surface area contributed by atoms with Gasteiger partial charge in [-0.05, 0) is 12.8 Å². The Morgan fingerprint density at radius 2 is 1.21 bits per heavy atom. The normalized spacial score (nSPS) is 10.8. The van der Waals surface area contributed by atoms with E-state index in [1.807, 2.05) is 0 Å². The van der Waals surface area contributed by atoms with E-state index >= 15 is 0 Å². The quantitative estimate of drug-likeness (QED) is 0.115. The molecule has 0 saturated carbocycles. The zero-order valence-electron chi connectivity index (χ0n) is 18.2. The van der Waals surface area contributed by atoms with Gasteiger partial charge in [0.1, 0.15) is 5.94 Å². The predicted octanol–water partition coefficient (Wildman–Crippen LogP) is 6.61. The first kappa shape index (κ1) is 27.6. The standard InChI is InChI=1S/C22H42O4S2/c1-3-5-7-9-11-13-15-21(23)26-20-28-18-17-27-19-22(24)25-16-14-12-10-8-6-4-2/h3-20H2,1-2H3. The molecule has 6 heteroatoms. The Kier molecular flexibility index (Phi) is 22.6. The van der Waals surface area contributed by atoms with Crippen LogP contribution in [-0.2, 0) is 19.1 Å². The van der Waals surface area contributed by atoms with E-state index in [1.54, 1.807) is 23.5 Å². The maximum atomic E-state index is 11.6. The fourth-order valence-corrected chi connectivity index (χ4v) is 4.34. The minimum atomic E-state index is -0.117. The minimum Gasteiger partial charge on any atom is -0.465 e. The van der Waals surface area contributed by atoms with Gasteiger partial charge in [-0.3, -0.25) is 9.59 Å². The van der Waals surface area contributed by atoms with Gasteiger partial charge in [-0.2, -0.15) is 0 Å². The summed E-state index contributed by atoms with van der Waals surface area (Å²) in [7, 11) is 0. The molecule has 0 aliphatic carbocycles. The highest BCUT2D eigenvalue weighted by atomic mass is 32.2. The second-order valence-corrected chi connectivity index (χ2v) is 9.26. The lowest BCUT2D eigenvalue weighted by atomic mass is 10.1. The molecule has 0 unspecified atom stereocenters. The molecule has 0 amide bonds. The summed E-state index contributed by atoms with van der Waals surface area (Å²) < 4.78 is 10.5. The van der Waals surface area contributed by atoms with E-state index in [0.29, 0.717) is 24.7 Å². The van der Waals surface area contributed by atoms with Gasteiger partial charge in [0.25, 0.3) is 0 Å². The molecular weight excluding hydrogens is 392 g/mol. The lowest BCUT2D eigenvalue weighted by Gasteiger charge is -2.06. The maximum Gasteiger partial charge on any atom is 0.315 e. The van der Waals surface area contributed by atoms with E-state index in [0.717, 1.165) is 37.2 Å². The molecule has 0 spiro atoms. The SMILES string of the molecule is CCCCCCCCOC(=O)CSCCSCOC(=O)CCCCCCCC. The Balaban J connectivity index is 3.27. The first-order valence-corrected chi connectivity index (χ1v) is 13.5. The highest BCUT2D eigenvalue weighted by Gasteiger charge is 2.04. The van der Waals surface area contributed by atoms with Crippen LogP contribution >= 0.6 is 23.5 Å². The number of unbranched alkanes of at least 4 members (excludes halogenated alkanes) is 10. The molecule has 0 rings (SSSR count). The van der Waals surface area contributed by atoms with Gasteiger partial charge in [-0.25, -0.2) is 0 Å². The average molecular weight is 435 g/mol. The number of ether oxygens (including phenoxy) is 2. The molecule has 0 aliphatic heterocycles. The summed E-state index contributed by atoms with van der Waals surface area (Å²) in [5.74, 6) is 2.36. The van der Waals surface area contributed by atoms with Crippen LogP contribution in [0.4, 0.5) is 0 Å². The number of hydrogen-bond acceptors (Lipinski definition) is 6. The van der Waals surface area contributed by atoms with Crippen LogP contribution < -0.4 is 0 Å². The Morgan fingerprint density at radius 1 is 0.643 bits per heavy atom. The van der Waals surface area contributed by atoms with Crippen molar-refractivity contribution in [3.63, 3.8) is 0 Å². The monoisotopic (exact) mass is 434 g/mol. The zero-order chi connectivity index (χ0) is 20.7. The molecule has 0 bridgehead atoms. The number of hydrogen-bond donors (Lipinski definition) is 0. The number of carbonyl (C=O) groups is 2. The minimum absolute atomic E-state index is 0.0890. The molecule has 28 heavy (non-hydrogen) atoms. The van der Waals surface area contributed by atoms with Crippen LogP contribution in [0.15, 0.2) is 0 Å². The van der Waals surface area contributed by atoms with Crippen LogP contribution in [0, 0.1) is 0 Å². The van der Waals surface area contributed by atoms with Crippen LogP contribution in [-0.4, -0.2) is 41.7 Å². The maximum absolute atomic E-state index is 11.6. The summed E-state index contributed by atoms with van der Waals surface area (Å²) in [6.07, 6.45) is 14.8. The fraction of sp³-hybridized carbons (Fsp3) is 0.909. The largest absolute Gasteiger partial charge is 0.465 e. The van der Waals surface area contributed by atoms with E-state index in [-0.39, 0.29) is 11.9 Å². The summed E-state index contributed by atoms with van der Waals surface area (Å²) in [6.45, 7) is 4.97. The van der Waals surface area contributed by atoms with Gasteiger partial charge < -0.3 is 9.47 Å². The number of thioether (sulfide) groups is 2. The van der Waals surface area contributed by atoms with Crippen LogP contribution in [0.5, 0.6) is 0 Å². The van der Waals surface area contributed by atoms with Gasteiger partial charge in [-0.1, -0.05) is 78.1 Å². The number of carbonyl (C=O) groups excluding carboxylic acids is 2. The van der Waals surface area contributed by atoms with Crippen molar-refractivity contribution in [3.8, 4) is 0 Å². The van der Waals surface area contributed by atoms with Crippen molar-refractivity contribution in [1.82, 2.24) is 0 Å². The third-order valence-corrected chi connectivity index (χ3v) is 6.36. The topological polar surface area (TPSA) is 52.6 Å². The fourth-order valence-electron chi connectivity index (χ4n) is 2.67. The molecule has 0 fully saturated rings. The third-order valence-electron chi connectivity index (χ3n) is 4.39. The third kappa shape index (κ3) is 21.9.